The second kappa shape index (κ2) is 4.93. The summed E-state index contributed by atoms with van der Waals surface area (Å²) in [7, 11) is 0. The van der Waals surface area contributed by atoms with Crippen LogP contribution >= 0.6 is 11.6 Å². The minimum Gasteiger partial charge on any atom is -0.126 e. The Hall–Kier alpha value is -1.01. The van der Waals surface area contributed by atoms with E-state index in [-0.39, 0.29) is 5.41 Å². The lowest BCUT2D eigenvalue weighted by molar-refractivity contribution is 0.326. The predicted molar refractivity (Wildman–Crippen MR) is 79.4 cm³/mol. The van der Waals surface area contributed by atoms with Crippen LogP contribution in [-0.2, 0) is 5.41 Å². The van der Waals surface area contributed by atoms with Crippen molar-refractivity contribution in [2.24, 2.45) is 0 Å². The Labute approximate surface area is 114 Å². The lowest BCUT2D eigenvalue weighted by atomic mass is 9.69. The maximum Gasteiger partial charge on any atom is 0.0320 e. The highest BCUT2D eigenvalue weighted by molar-refractivity contribution is 6.19. The van der Waals surface area contributed by atoms with Crippen molar-refractivity contribution in [3.63, 3.8) is 0 Å². The molecule has 94 valence electrons. The molecule has 1 aliphatic rings. The van der Waals surface area contributed by atoms with Crippen LogP contribution in [0.4, 0.5) is 0 Å². The van der Waals surface area contributed by atoms with E-state index < -0.39 is 0 Å². The highest BCUT2D eigenvalue weighted by Gasteiger charge is 2.34. The fraction of sp³-hybridized carbons (Fsp3) is 0.412. The Morgan fingerprint density at radius 1 is 0.889 bits per heavy atom. The summed E-state index contributed by atoms with van der Waals surface area (Å²) in [6.07, 6.45) is 6.48. The summed E-state index contributed by atoms with van der Waals surface area (Å²) in [6, 6.07) is 15.4. The fourth-order valence-corrected chi connectivity index (χ4v) is 3.80. The number of benzene rings is 2. The highest BCUT2D eigenvalue weighted by atomic mass is 35.5. The van der Waals surface area contributed by atoms with Gasteiger partial charge in [0, 0.05) is 11.3 Å². The molecule has 1 heteroatoms. The van der Waals surface area contributed by atoms with E-state index in [2.05, 4.69) is 42.5 Å². The molecule has 0 atom stereocenters. The molecular weight excluding hydrogens is 240 g/mol. The lowest BCUT2D eigenvalue weighted by Gasteiger charge is -2.37. The Morgan fingerprint density at radius 2 is 1.61 bits per heavy atom. The lowest BCUT2D eigenvalue weighted by Crippen LogP contribution is -2.31. The van der Waals surface area contributed by atoms with Crippen LogP contribution in [0.1, 0.15) is 37.7 Å². The van der Waals surface area contributed by atoms with Crippen LogP contribution in [0.5, 0.6) is 0 Å². The van der Waals surface area contributed by atoms with E-state index >= 15 is 0 Å². The van der Waals surface area contributed by atoms with Gasteiger partial charge in [-0.05, 0) is 29.2 Å². The van der Waals surface area contributed by atoms with Crippen molar-refractivity contribution in [1.29, 1.82) is 0 Å². The van der Waals surface area contributed by atoms with Gasteiger partial charge >= 0.3 is 0 Å². The van der Waals surface area contributed by atoms with Crippen molar-refractivity contribution in [2.75, 3.05) is 5.88 Å². The van der Waals surface area contributed by atoms with Crippen LogP contribution in [0.15, 0.2) is 42.5 Å². The standard InChI is InChI=1S/C17H19Cl/c18-13-17(11-4-1-5-12-17)16-10-6-8-14-7-2-3-9-15(14)16/h2-3,6-10H,1,4-5,11-13H2. The normalized spacial score (nSPS) is 18.9. The average Bonchev–Trinajstić information content (AvgIpc) is 2.47. The zero-order valence-corrected chi connectivity index (χ0v) is 11.4. The molecule has 1 saturated carbocycles. The van der Waals surface area contributed by atoms with Gasteiger partial charge in [-0.1, -0.05) is 61.7 Å². The van der Waals surface area contributed by atoms with E-state index in [9.17, 15) is 0 Å². The Kier molecular flexibility index (Phi) is 3.30. The molecule has 0 spiro atoms. The topological polar surface area (TPSA) is 0 Å². The van der Waals surface area contributed by atoms with Crippen molar-refractivity contribution in [1.82, 2.24) is 0 Å². The fourth-order valence-electron chi connectivity index (χ4n) is 3.39. The summed E-state index contributed by atoms with van der Waals surface area (Å²) in [4.78, 5) is 0. The molecule has 2 aromatic carbocycles. The monoisotopic (exact) mass is 258 g/mol. The molecule has 0 heterocycles. The Bertz CT molecular complexity index is 533. The van der Waals surface area contributed by atoms with Gasteiger partial charge in [0.2, 0.25) is 0 Å². The summed E-state index contributed by atoms with van der Waals surface area (Å²) < 4.78 is 0. The van der Waals surface area contributed by atoms with Gasteiger partial charge in [-0.25, -0.2) is 0 Å². The third-order valence-corrected chi connectivity index (χ3v) is 4.94. The largest absolute Gasteiger partial charge is 0.126 e. The van der Waals surface area contributed by atoms with E-state index in [0.29, 0.717) is 0 Å². The molecule has 0 bridgehead atoms. The van der Waals surface area contributed by atoms with Crippen LogP contribution in [0.2, 0.25) is 0 Å². The summed E-state index contributed by atoms with van der Waals surface area (Å²) in [5.74, 6) is 0.751. The van der Waals surface area contributed by atoms with Gasteiger partial charge in [-0.3, -0.25) is 0 Å². The van der Waals surface area contributed by atoms with Gasteiger partial charge in [-0.2, -0.15) is 0 Å². The quantitative estimate of drug-likeness (QED) is 0.643. The van der Waals surface area contributed by atoms with Crippen LogP contribution in [0.3, 0.4) is 0 Å². The first-order valence-corrected chi connectivity index (χ1v) is 7.43. The summed E-state index contributed by atoms with van der Waals surface area (Å²) in [5, 5.41) is 2.73. The van der Waals surface area contributed by atoms with Gasteiger partial charge in [0.05, 0.1) is 0 Å². The minimum absolute atomic E-state index is 0.209. The zero-order valence-electron chi connectivity index (χ0n) is 10.7. The van der Waals surface area contributed by atoms with Gasteiger partial charge < -0.3 is 0 Å². The van der Waals surface area contributed by atoms with Crippen LogP contribution in [0, 0.1) is 0 Å². The highest BCUT2D eigenvalue weighted by Crippen LogP contribution is 2.42. The maximum atomic E-state index is 6.37. The molecular formula is C17H19Cl. The van der Waals surface area contributed by atoms with Crippen molar-refractivity contribution >= 4 is 22.4 Å². The maximum absolute atomic E-state index is 6.37. The van der Waals surface area contributed by atoms with E-state index in [1.807, 2.05) is 0 Å². The molecule has 2 aromatic rings. The van der Waals surface area contributed by atoms with E-state index in [0.717, 1.165) is 5.88 Å². The van der Waals surface area contributed by atoms with Gasteiger partial charge in [0.1, 0.15) is 0 Å². The first-order chi connectivity index (χ1) is 8.86. The van der Waals surface area contributed by atoms with Crippen LogP contribution in [-0.4, -0.2) is 5.88 Å². The molecule has 0 nitrogen and oxygen atoms in total. The zero-order chi connectivity index (χ0) is 12.4. The van der Waals surface area contributed by atoms with E-state index in [4.69, 9.17) is 11.6 Å². The smallest absolute Gasteiger partial charge is 0.0320 e. The Morgan fingerprint density at radius 3 is 2.39 bits per heavy atom. The van der Waals surface area contributed by atoms with Crippen molar-refractivity contribution in [3.05, 3.63) is 48.0 Å². The number of alkyl halides is 1. The predicted octanol–water partition coefficient (Wildman–Crippen LogP) is 5.28. The number of hydrogen-bond acceptors (Lipinski definition) is 0. The molecule has 0 unspecified atom stereocenters. The van der Waals surface area contributed by atoms with Crippen molar-refractivity contribution < 1.29 is 0 Å². The molecule has 0 radical (unpaired) electrons. The first kappa shape index (κ1) is 12.0. The second-order valence-corrected chi connectivity index (χ2v) is 5.77. The van der Waals surface area contributed by atoms with Crippen LogP contribution in [0.25, 0.3) is 10.8 Å². The molecule has 0 aromatic heterocycles. The molecule has 1 aliphatic carbocycles. The van der Waals surface area contributed by atoms with Gasteiger partial charge in [0.25, 0.3) is 0 Å². The van der Waals surface area contributed by atoms with Gasteiger partial charge in [0.15, 0.2) is 0 Å². The number of halogens is 1. The average molecular weight is 259 g/mol. The van der Waals surface area contributed by atoms with Crippen molar-refractivity contribution in [3.8, 4) is 0 Å². The first-order valence-electron chi connectivity index (χ1n) is 6.90. The van der Waals surface area contributed by atoms with Crippen molar-refractivity contribution in [2.45, 2.75) is 37.5 Å². The summed E-state index contributed by atoms with van der Waals surface area (Å²) in [6.45, 7) is 0. The molecule has 0 saturated heterocycles. The van der Waals surface area contributed by atoms with E-state index in [1.165, 1.54) is 48.4 Å². The number of rotatable bonds is 2. The molecule has 0 amide bonds. The summed E-state index contributed by atoms with van der Waals surface area (Å²) in [5.41, 5.74) is 1.68. The van der Waals surface area contributed by atoms with Gasteiger partial charge in [-0.15, -0.1) is 11.6 Å². The number of fused-ring (bicyclic) bond motifs is 1. The third-order valence-electron chi connectivity index (χ3n) is 4.43. The second-order valence-electron chi connectivity index (χ2n) is 5.50. The molecule has 18 heavy (non-hydrogen) atoms. The summed E-state index contributed by atoms with van der Waals surface area (Å²) >= 11 is 6.37. The molecule has 1 fully saturated rings. The minimum atomic E-state index is 0.209. The SMILES string of the molecule is ClCC1(c2cccc3ccccc23)CCCCC1. The third kappa shape index (κ3) is 1.93. The van der Waals surface area contributed by atoms with Crippen LogP contribution < -0.4 is 0 Å². The number of hydrogen-bond donors (Lipinski definition) is 0. The molecule has 3 rings (SSSR count). The molecule has 0 N–H and O–H groups in total. The van der Waals surface area contributed by atoms with E-state index in [1.54, 1.807) is 0 Å². The Balaban J connectivity index is 2.17. The molecule has 0 aliphatic heterocycles.